The first-order valence-corrected chi connectivity index (χ1v) is 9.41. The van der Waals surface area contributed by atoms with Crippen LogP contribution in [0.4, 0.5) is 0 Å². The quantitative estimate of drug-likeness (QED) is 0.463. The topological polar surface area (TPSA) is 60.9 Å². The molecule has 0 spiro atoms. The molecule has 0 radical (unpaired) electrons. The van der Waals surface area contributed by atoms with Crippen molar-refractivity contribution in [3.05, 3.63) is 81.8 Å². The van der Waals surface area contributed by atoms with Gasteiger partial charge in [0.2, 0.25) is 0 Å². The van der Waals surface area contributed by atoms with E-state index in [9.17, 15) is 4.79 Å². The summed E-state index contributed by atoms with van der Waals surface area (Å²) in [6, 6.07) is 17.9. The molecule has 3 aromatic heterocycles. The van der Waals surface area contributed by atoms with Crippen molar-refractivity contribution in [2.45, 2.75) is 13.5 Å². The average molecular weight is 373 g/mol. The molecule has 0 saturated carbocycles. The van der Waals surface area contributed by atoms with Gasteiger partial charge in [0.05, 0.1) is 22.5 Å². The first kappa shape index (κ1) is 16.0. The fourth-order valence-corrected chi connectivity index (χ4v) is 4.24. The Morgan fingerprint density at radius 2 is 1.93 bits per heavy atom. The molecule has 6 heteroatoms. The Bertz CT molecular complexity index is 1330. The number of thiazole rings is 1. The Hall–Kier alpha value is -3.25. The molecule has 0 amide bonds. The van der Waals surface area contributed by atoms with Gasteiger partial charge in [0.1, 0.15) is 5.69 Å². The van der Waals surface area contributed by atoms with Crippen LogP contribution < -0.4 is 5.56 Å². The number of benzene rings is 2. The van der Waals surface area contributed by atoms with E-state index < -0.39 is 0 Å². The maximum atomic E-state index is 13.0. The minimum atomic E-state index is -0.183. The maximum Gasteiger partial charge on any atom is 0.294 e. The second kappa shape index (κ2) is 6.17. The van der Waals surface area contributed by atoms with Crippen molar-refractivity contribution in [3.8, 4) is 11.5 Å². The molecule has 27 heavy (non-hydrogen) atoms. The molecule has 5 rings (SSSR count). The Morgan fingerprint density at radius 3 is 2.78 bits per heavy atom. The van der Waals surface area contributed by atoms with Gasteiger partial charge in [0.15, 0.2) is 11.3 Å². The van der Waals surface area contributed by atoms with Crippen molar-refractivity contribution in [3.63, 3.8) is 0 Å². The zero-order valence-corrected chi connectivity index (χ0v) is 15.4. The molecule has 0 saturated heterocycles. The summed E-state index contributed by atoms with van der Waals surface area (Å²) in [7, 11) is 0. The van der Waals surface area contributed by atoms with E-state index in [1.807, 2.05) is 43.3 Å². The number of hydrogen-bond donors (Lipinski definition) is 0. The van der Waals surface area contributed by atoms with Gasteiger partial charge in [-0.1, -0.05) is 42.5 Å². The van der Waals surface area contributed by atoms with Crippen LogP contribution in [0.3, 0.4) is 0 Å². The zero-order chi connectivity index (χ0) is 18.4. The van der Waals surface area contributed by atoms with E-state index in [1.165, 1.54) is 16.0 Å². The zero-order valence-electron chi connectivity index (χ0n) is 14.5. The lowest BCUT2D eigenvalue weighted by atomic mass is 10.0. The molecule has 2 aromatic carbocycles. The molecule has 0 unspecified atom stereocenters. The van der Waals surface area contributed by atoms with Crippen molar-refractivity contribution in [2.24, 2.45) is 0 Å². The monoisotopic (exact) mass is 373 g/mol. The van der Waals surface area contributed by atoms with Crippen LogP contribution in [0.1, 0.15) is 10.6 Å². The van der Waals surface area contributed by atoms with Gasteiger partial charge >= 0.3 is 0 Å². The van der Waals surface area contributed by atoms with Gasteiger partial charge < -0.3 is 4.42 Å². The van der Waals surface area contributed by atoms with Crippen LogP contribution in [0, 0.1) is 6.92 Å². The molecule has 5 nitrogen and oxygen atoms in total. The van der Waals surface area contributed by atoms with E-state index in [-0.39, 0.29) is 5.56 Å². The summed E-state index contributed by atoms with van der Waals surface area (Å²) in [5.41, 5.74) is 1.96. The van der Waals surface area contributed by atoms with Gasteiger partial charge in [-0.05, 0) is 35.4 Å². The van der Waals surface area contributed by atoms with Crippen molar-refractivity contribution in [1.82, 2.24) is 14.8 Å². The van der Waals surface area contributed by atoms with Gasteiger partial charge in [0, 0.05) is 0 Å². The Labute approximate surface area is 158 Å². The molecule has 5 aromatic rings. The third kappa shape index (κ3) is 2.65. The van der Waals surface area contributed by atoms with Crippen molar-refractivity contribution in [1.29, 1.82) is 0 Å². The number of hydrogen-bond acceptors (Lipinski definition) is 5. The first-order valence-electron chi connectivity index (χ1n) is 8.59. The van der Waals surface area contributed by atoms with Crippen LogP contribution >= 0.6 is 11.3 Å². The maximum absolute atomic E-state index is 13.0. The highest BCUT2D eigenvalue weighted by molar-refractivity contribution is 7.19. The molecule has 0 atom stereocenters. The van der Waals surface area contributed by atoms with Crippen LogP contribution in [0.2, 0.25) is 0 Å². The average Bonchev–Trinajstić information content (AvgIpc) is 3.34. The van der Waals surface area contributed by atoms with Crippen LogP contribution in [-0.4, -0.2) is 14.8 Å². The Kier molecular flexibility index (Phi) is 3.65. The smallest absolute Gasteiger partial charge is 0.294 e. The Balaban J connectivity index is 1.74. The largest absolute Gasteiger partial charge is 0.463 e. The SMILES string of the molecule is Cc1nc2c(=O)n(Cc3cccc4ccccc34)nc(-c3ccco3)c2s1. The first-order chi connectivity index (χ1) is 13.2. The standard InChI is InChI=1S/C21H15N3O2S/c1-13-22-19-20(27-13)18(17-10-5-11-26-17)23-24(21(19)25)12-15-8-4-7-14-6-2-3-9-16(14)15/h2-11H,12H2,1H3. The third-order valence-electron chi connectivity index (χ3n) is 4.56. The molecule has 0 aliphatic heterocycles. The van der Waals surface area contributed by atoms with Crippen LogP contribution in [-0.2, 0) is 6.54 Å². The number of furan rings is 1. The summed E-state index contributed by atoms with van der Waals surface area (Å²) in [6.07, 6.45) is 1.61. The predicted octanol–water partition coefficient (Wildman–Crippen LogP) is 4.62. The predicted molar refractivity (Wildman–Crippen MR) is 107 cm³/mol. The molecular weight excluding hydrogens is 358 g/mol. The second-order valence-corrected chi connectivity index (χ2v) is 7.54. The van der Waals surface area contributed by atoms with E-state index >= 15 is 0 Å². The highest BCUT2D eigenvalue weighted by atomic mass is 32.1. The lowest BCUT2D eigenvalue weighted by Gasteiger charge is -2.10. The number of rotatable bonds is 3. The lowest BCUT2D eigenvalue weighted by molar-refractivity contribution is 0.572. The van der Waals surface area contributed by atoms with E-state index in [4.69, 9.17) is 4.42 Å². The summed E-state index contributed by atoms with van der Waals surface area (Å²) in [6.45, 7) is 2.27. The molecule has 0 fully saturated rings. The van der Waals surface area contributed by atoms with Gasteiger partial charge in [-0.2, -0.15) is 5.10 Å². The molecule has 0 aliphatic carbocycles. The summed E-state index contributed by atoms with van der Waals surface area (Å²) in [5.74, 6) is 0.635. The normalized spacial score (nSPS) is 11.4. The minimum absolute atomic E-state index is 0.183. The van der Waals surface area contributed by atoms with Crippen molar-refractivity contribution < 1.29 is 4.42 Å². The van der Waals surface area contributed by atoms with Gasteiger partial charge in [-0.15, -0.1) is 11.3 Å². The number of aryl methyl sites for hydroxylation is 1. The Morgan fingerprint density at radius 1 is 1.07 bits per heavy atom. The molecule has 0 N–H and O–H groups in total. The molecular formula is C21H15N3O2S. The van der Waals surface area contributed by atoms with Crippen molar-refractivity contribution >= 4 is 32.3 Å². The highest BCUT2D eigenvalue weighted by Crippen LogP contribution is 2.30. The highest BCUT2D eigenvalue weighted by Gasteiger charge is 2.18. The summed E-state index contributed by atoms with van der Waals surface area (Å²) >= 11 is 1.46. The summed E-state index contributed by atoms with van der Waals surface area (Å²) < 4.78 is 7.81. The number of nitrogens with zero attached hydrogens (tertiary/aromatic N) is 3. The third-order valence-corrected chi connectivity index (χ3v) is 5.54. The van der Waals surface area contributed by atoms with Crippen LogP contribution in [0.5, 0.6) is 0 Å². The number of fused-ring (bicyclic) bond motifs is 2. The lowest BCUT2D eigenvalue weighted by Crippen LogP contribution is -2.24. The van der Waals surface area contributed by atoms with Crippen LogP contribution in [0.15, 0.2) is 70.1 Å². The fourth-order valence-electron chi connectivity index (χ4n) is 3.34. The van der Waals surface area contributed by atoms with Gasteiger partial charge in [0.25, 0.3) is 5.56 Å². The summed E-state index contributed by atoms with van der Waals surface area (Å²) in [5, 5.41) is 7.72. The number of aromatic nitrogens is 3. The molecule has 132 valence electrons. The van der Waals surface area contributed by atoms with Crippen LogP contribution in [0.25, 0.3) is 32.4 Å². The molecule has 0 aliphatic rings. The van der Waals surface area contributed by atoms with E-state index in [1.54, 1.807) is 6.26 Å². The van der Waals surface area contributed by atoms with Crippen molar-refractivity contribution in [2.75, 3.05) is 0 Å². The molecule has 3 heterocycles. The van der Waals surface area contributed by atoms with E-state index in [0.717, 1.165) is 26.0 Å². The second-order valence-electron chi connectivity index (χ2n) is 6.34. The van der Waals surface area contributed by atoms with Gasteiger partial charge in [-0.25, -0.2) is 9.67 Å². The minimum Gasteiger partial charge on any atom is -0.463 e. The molecule has 0 bridgehead atoms. The summed E-state index contributed by atoms with van der Waals surface area (Å²) in [4.78, 5) is 17.5. The fraction of sp³-hybridized carbons (Fsp3) is 0.0952. The van der Waals surface area contributed by atoms with E-state index in [2.05, 4.69) is 28.3 Å². The van der Waals surface area contributed by atoms with E-state index in [0.29, 0.717) is 23.5 Å². The van der Waals surface area contributed by atoms with Gasteiger partial charge in [-0.3, -0.25) is 4.79 Å².